The average Bonchev–Trinajstić information content (AvgIpc) is 1.61. The smallest absolute Gasteiger partial charge is 0.328 e. The molecular weight excluding hydrogens is 1790 g/mol. The lowest BCUT2D eigenvalue weighted by Gasteiger charge is -2.33. The molecule has 142 heavy (non-hydrogen) atoms. The number of hydrogen-bond acceptors (Lipinski definition) is 21. The van der Waals surface area contributed by atoms with Crippen LogP contribution < -0.4 is 54.1 Å². The number of phenols is 2. The number of para-hydroxylation sites is 2. The first-order chi connectivity index (χ1) is 69.0. The first-order valence-corrected chi connectivity index (χ1v) is 53.9. The number of fused-ring (bicyclic) bond motifs is 4. The number of aliphatic hydroxyl groups is 1. The minimum Gasteiger partial charge on any atom is -0.507 e. The van der Waals surface area contributed by atoms with Gasteiger partial charge < -0.3 is 73.1 Å². The molecule has 5 aromatic carbocycles. The van der Waals surface area contributed by atoms with Gasteiger partial charge in [0.2, 0.25) is 41.4 Å². The molecule has 0 radical (unpaired) electrons. The molecule has 2 heterocycles. The maximum Gasteiger partial charge on any atom is 0.328 e. The third kappa shape index (κ3) is 57.1. The van der Waals surface area contributed by atoms with Crippen LogP contribution in [0.3, 0.4) is 0 Å². The van der Waals surface area contributed by atoms with Crippen LogP contribution in [-0.2, 0) is 47.9 Å². The van der Waals surface area contributed by atoms with E-state index in [0.29, 0.717) is 62.9 Å². The molecule has 0 bridgehead atoms. The van der Waals surface area contributed by atoms with Crippen molar-refractivity contribution < 1.29 is 67.9 Å². The van der Waals surface area contributed by atoms with Gasteiger partial charge >= 0.3 is 5.97 Å². The van der Waals surface area contributed by atoms with Gasteiger partial charge in [0.1, 0.15) is 41.8 Å². The summed E-state index contributed by atoms with van der Waals surface area (Å²) < 4.78 is 10.5. The Balaban J connectivity index is 0.000000381. The SMILES string of the molecule is CCCCCCCCCCCCCCCCNC(=O)CCC(=O)C(N)CCCCC.CCCCCCCCCCCCCCCCNC(=O)CN(C)C(=O)C(N)CCCCC.COC(=O)[C@H](CCCCN)NC(C)=O.O=C(CCC1c2ccccc2-c2ccccc21)NC1CCN(C[C@H](O)COc2cccc3ncccc23)CC1.O=C(CCCCC(=O)N/N=C/c1ccccc1O)N/N=C/c1ccccc1O. The van der Waals surface area contributed by atoms with E-state index in [1.807, 2.05) is 30.3 Å². The second kappa shape index (κ2) is 79.9. The molecular formula is C114H180N14O14. The van der Waals surface area contributed by atoms with Crippen molar-refractivity contribution in [3.63, 3.8) is 0 Å². The number of unbranched alkanes of at least 4 members (excludes halogenated alkanes) is 32. The van der Waals surface area contributed by atoms with Crippen molar-refractivity contribution >= 4 is 76.4 Å². The van der Waals surface area contributed by atoms with Gasteiger partial charge in [0.15, 0.2) is 0 Å². The van der Waals surface area contributed by atoms with Crippen molar-refractivity contribution in [1.82, 2.24) is 46.9 Å². The van der Waals surface area contributed by atoms with E-state index in [0.717, 1.165) is 133 Å². The largest absolute Gasteiger partial charge is 0.507 e. The van der Waals surface area contributed by atoms with Crippen LogP contribution in [0.25, 0.3) is 22.0 Å². The summed E-state index contributed by atoms with van der Waals surface area (Å²) in [6.45, 7) is 14.8. The van der Waals surface area contributed by atoms with Crippen LogP contribution in [0.4, 0.5) is 0 Å². The number of methoxy groups -OCH3 is 1. The number of benzene rings is 5. The molecule has 4 atom stereocenters. The predicted octanol–water partition coefficient (Wildman–Crippen LogP) is 20.0. The molecule has 790 valence electrons. The number of nitrogens with one attached hydrogen (secondary N) is 6. The molecule has 1 fully saturated rings. The van der Waals surface area contributed by atoms with Crippen molar-refractivity contribution in [1.29, 1.82) is 0 Å². The molecule has 28 nitrogen and oxygen atoms in total. The van der Waals surface area contributed by atoms with Crippen LogP contribution >= 0.6 is 0 Å². The molecule has 15 N–H and O–H groups in total. The van der Waals surface area contributed by atoms with Gasteiger partial charge in [-0.2, -0.15) is 10.2 Å². The summed E-state index contributed by atoms with van der Waals surface area (Å²) in [6, 6.07) is 38.8. The number of β-amino-alcohol motifs (C(OH)–C–C–N with tert-alkyl or cyclic N) is 1. The summed E-state index contributed by atoms with van der Waals surface area (Å²) >= 11 is 0. The fraction of sp³-hybridized carbons (Fsp3) is 0.614. The van der Waals surface area contributed by atoms with Crippen molar-refractivity contribution in [3.05, 3.63) is 156 Å². The Hall–Kier alpha value is -10.5. The van der Waals surface area contributed by atoms with Crippen LogP contribution in [0.1, 0.15) is 377 Å². The maximum atomic E-state index is 12.9. The molecule has 1 aliphatic carbocycles. The number of esters is 1. The summed E-state index contributed by atoms with van der Waals surface area (Å²) in [5, 5.41) is 50.0. The Morgan fingerprint density at radius 1 is 0.493 bits per heavy atom. The van der Waals surface area contributed by atoms with Crippen molar-refractivity contribution in [2.45, 2.75) is 385 Å². The highest BCUT2D eigenvalue weighted by Gasteiger charge is 2.30. The van der Waals surface area contributed by atoms with Crippen molar-refractivity contribution in [2.75, 3.05) is 66.6 Å². The van der Waals surface area contributed by atoms with E-state index in [1.165, 1.54) is 226 Å². The number of hydrazone groups is 2. The van der Waals surface area contributed by atoms with E-state index < -0.39 is 30.2 Å². The van der Waals surface area contributed by atoms with E-state index >= 15 is 0 Å². The van der Waals surface area contributed by atoms with Crippen LogP contribution in [0.5, 0.6) is 17.2 Å². The number of piperidine rings is 1. The Bertz CT molecular complexity index is 4380. The molecule has 2 aliphatic rings. The van der Waals surface area contributed by atoms with Crippen LogP contribution in [0.15, 0.2) is 144 Å². The highest BCUT2D eigenvalue weighted by molar-refractivity contribution is 5.90. The molecule has 6 aromatic rings. The third-order valence-corrected chi connectivity index (χ3v) is 25.6. The topological polar surface area (TPSA) is 427 Å². The van der Waals surface area contributed by atoms with E-state index in [9.17, 15) is 58.5 Å². The highest BCUT2D eigenvalue weighted by Crippen LogP contribution is 2.46. The molecule has 1 saturated heterocycles. The Labute approximate surface area is 850 Å². The number of Topliss-reactive ketones (excluding diaryl/α,β-unsaturated/α-hetero) is 1. The molecule has 1 aromatic heterocycles. The number of rotatable bonds is 69. The van der Waals surface area contributed by atoms with Crippen LogP contribution in [-0.4, -0.2) is 192 Å². The molecule has 2 unspecified atom stereocenters. The van der Waals surface area contributed by atoms with Gasteiger partial charge in [-0.1, -0.05) is 312 Å². The molecule has 28 heteroatoms. The van der Waals surface area contributed by atoms with Gasteiger partial charge in [-0.15, -0.1) is 0 Å². The number of hydrogen-bond donors (Lipinski definition) is 12. The number of nitrogens with two attached hydrogens (primary N) is 3. The number of carbonyl (C=O) groups excluding carboxylic acids is 9. The zero-order valence-corrected chi connectivity index (χ0v) is 87.4. The second-order valence-corrected chi connectivity index (χ2v) is 37.9. The fourth-order valence-corrected chi connectivity index (χ4v) is 17.2. The highest BCUT2D eigenvalue weighted by atomic mass is 16.5. The lowest BCUT2D eigenvalue weighted by molar-refractivity contribution is -0.145. The summed E-state index contributed by atoms with van der Waals surface area (Å²) in [6.07, 6.45) is 56.5. The third-order valence-electron chi connectivity index (χ3n) is 25.6. The quantitative estimate of drug-likeness (QED) is 0.00730. The maximum absolute atomic E-state index is 12.9. The number of likely N-dealkylation sites (tertiary alicyclic amines) is 1. The number of amides is 7. The van der Waals surface area contributed by atoms with Gasteiger partial charge in [0.05, 0.1) is 43.7 Å². The zero-order valence-electron chi connectivity index (χ0n) is 87.4. The van der Waals surface area contributed by atoms with Gasteiger partial charge in [0, 0.05) is 113 Å². The number of nitrogens with zero attached hydrogens (tertiary/aromatic N) is 5. The van der Waals surface area contributed by atoms with E-state index in [-0.39, 0.29) is 109 Å². The lowest BCUT2D eigenvalue weighted by atomic mass is 9.92. The molecule has 7 amide bonds. The Morgan fingerprint density at radius 3 is 1.42 bits per heavy atom. The Kier molecular flexibility index (Phi) is 69.6. The van der Waals surface area contributed by atoms with E-state index in [2.05, 4.69) is 133 Å². The Morgan fingerprint density at radius 2 is 0.944 bits per heavy atom. The number of ketones is 1. The average molecular weight is 1970 g/mol. The number of ether oxygens (including phenoxy) is 2. The minimum atomic E-state index is -0.583. The summed E-state index contributed by atoms with van der Waals surface area (Å²) in [5.74, 6) is -0.0867. The standard InChI is InChI=1S/C33H35N3O3.C26H53N3O2.C26H52N2O2.C20H22N4O4.C9H18N2O3/c37-24(22-39-32-13-5-12-31-30(32)11-6-18-34-31)21-36-19-16-23(17-20-36)35-33(38)15-14-29-27-9-3-1-7-25(27)26-8-2-4-10-28(26)29;1-4-6-8-9-10-11-12-13-14-15-16-17-18-20-22-28-25(30)23-29(3)26(31)24(27)21-19-7-5-2;1-3-5-7-8-9-10-11-12-13-14-15-16-17-19-23-28-26(30)22-21-25(29)24(27)20-18-6-4-2;25-17-9-3-1-7-15(17)13-21-23-19(27)11-5-6-12-20(28)24-22-14-16-8-2-4-10-18(16)26;1-7(12)11-8(9(13)14-2)5-3-4-6-10/h1-13,18,23-24,29,37H,14-17,19-22H2,(H,35,38);24H,4-23,27H2,1-3H3,(H,28,30);24H,3-23,27H2,1-2H3,(H,28,30);1-4,7-10,13-14,25-26H,5-6,11-12H2,(H,23,27)(H,24,28);8H,3-6,10H2,1-2H3,(H,11,12)/b;;;21-13+,22-14+;/t24-;;;;8-/m0...0/s1. The first kappa shape index (κ1) is 124. The first-order valence-electron chi connectivity index (χ1n) is 53.9. The fourth-order valence-electron chi connectivity index (χ4n) is 17.2. The van der Waals surface area contributed by atoms with Gasteiger partial charge in [-0.05, 0) is 154 Å². The zero-order chi connectivity index (χ0) is 103. The summed E-state index contributed by atoms with van der Waals surface area (Å²) in [7, 11) is 2.97. The number of aromatic hydroxyl groups is 2. The summed E-state index contributed by atoms with van der Waals surface area (Å²) in [4.78, 5) is 114. The molecule has 8 rings (SSSR count). The second-order valence-electron chi connectivity index (χ2n) is 37.9. The van der Waals surface area contributed by atoms with Gasteiger partial charge in [-0.25, -0.2) is 15.6 Å². The molecule has 0 saturated carbocycles. The van der Waals surface area contributed by atoms with Crippen LogP contribution in [0, 0.1) is 0 Å². The lowest BCUT2D eigenvalue weighted by Crippen LogP contribution is -2.47. The monoisotopic (exact) mass is 1970 g/mol. The van der Waals surface area contributed by atoms with Crippen molar-refractivity contribution in [2.24, 2.45) is 27.4 Å². The van der Waals surface area contributed by atoms with Gasteiger partial charge in [-0.3, -0.25) is 43.3 Å². The summed E-state index contributed by atoms with van der Waals surface area (Å²) in [5.41, 5.74) is 29.1. The number of phenolic OH excluding ortho intramolecular Hbond substituents is 2. The normalized spacial score (nSPS) is 13.1. The van der Waals surface area contributed by atoms with E-state index in [1.54, 1.807) is 49.6 Å². The number of likely N-dealkylation sites (N-methyl/N-ethyl adjacent to an activating group) is 1. The number of aromatic nitrogens is 1. The predicted molar refractivity (Wildman–Crippen MR) is 575 cm³/mol. The number of carbonyl (C=O) groups is 9. The van der Waals surface area contributed by atoms with Crippen LogP contribution in [0.2, 0.25) is 0 Å². The van der Waals surface area contributed by atoms with E-state index in [4.69, 9.17) is 21.9 Å². The number of aliphatic hydroxyl groups excluding tert-OH is 1. The molecule has 0 spiro atoms. The number of pyridine rings is 1. The minimum absolute atomic E-state index is 0.0150. The van der Waals surface area contributed by atoms with Gasteiger partial charge in [0.25, 0.3) is 0 Å². The molecule has 1 aliphatic heterocycles. The van der Waals surface area contributed by atoms with Crippen molar-refractivity contribution in [3.8, 4) is 28.4 Å².